The molecule has 2 atom stereocenters. The fourth-order valence-electron chi connectivity index (χ4n) is 1.56. The zero-order valence-corrected chi connectivity index (χ0v) is 15.9. The minimum Gasteiger partial charge on any atom is -0.481 e. The molecule has 0 spiro atoms. The Bertz CT molecular complexity index is 782. The molecule has 178 valence electrons. The average molecular weight is 464 g/mol. The van der Waals surface area contributed by atoms with Gasteiger partial charge in [-0.1, -0.05) is 18.2 Å². The lowest BCUT2D eigenvalue weighted by molar-refractivity contribution is -0.170. The SMILES string of the molecule is O=C(O)C(O)C(O)C(=O)O.O=C(O)CC(O)(CC(=O)O)C(=O)O.O=C(O)c1ccccc1. The van der Waals surface area contributed by atoms with Crippen LogP contribution in [-0.2, 0) is 24.0 Å². The lowest BCUT2D eigenvalue weighted by atomic mass is 9.96. The number of hydrogen-bond acceptors (Lipinski definition) is 9. The quantitative estimate of drug-likeness (QED) is 0.191. The molecule has 0 aliphatic heterocycles. The maximum Gasteiger partial charge on any atom is 0.336 e. The van der Waals surface area contributed by atoms with Gasteiger partial charge in [0.15, 0.2) is 17.8 Å². The van der Waals surface area contributed by atoms with E-state index in [9.17, 15) is 28.8 Å². The van der Waals surface area contributed by atoms with Gasteiger partial charge in [0.05, 0.1) is 18.4 Å². The van der Waals surface area contributed by atoms with Crippen LogP contribution < -0.4 is 0 Å². The van der Waals surface area contributed by atoms with E-state index in [-0.39, 0.29) is 0 Å². The molecular weight excluding hydrogens is 444 g/mol. The summed E-state index contributed by atoms with van der Waals surface area (Å²) in [4.78, 5) is 60.2. The molecule has 1 aromatic rings. The summed E-state index contributed by atoms with van der Waals surface area (Å²) in [5.41, 5.74) is -2.41. The number of aliphatic hydroxyl groups excluding tert-OH is 2. The number of carboxylic acid groups (broad SMARTS) is 6. The van der Waals surface area contributed by atoms with Crippen LogP contribution in [-0.4, -0.2) is 99.6 Å². The van der Waals surface area contributed by atoms with Crippen molar-refractivity contribution in [3.63, 3.8) is 0 Å². The number of aromatic carboxylic acids is 1. The molecule has 0 fully saturated rings. The molecule has 0 amide bonds. The Hall–Kier alpha value is -4.08. The van der Waals surface area contributed by atoms with Crippen LogP contribution in [0.2, 0.25) is 0 Å². The second-order valence-corrected chi connectivity index (χ2v) is 5.72. The highest BCUT2D eigenvalue weighted by Crippen LogP contribution is 2.15. The van der Waals surface area contributed by atoms with Gasteiger partial charge in [-0.2, -0.15) is 0 Å². The first kappa shape index (κ1) is 30.1. The van der Waals surface area contributed by atoms with E-state index in [4.69, 9.17) is 46.0 Å². The molecule has 0 bridgehead atoms. The van der Waals surface area contributed by atoms with Gasteiger partial charge in [-0.3, -0.25) is 9.59 Å². The third-order valence-electron chi connectivity index (χ3n) is 3.11. The number of carboxylic acids is 6. The summed E-state index contributed by atoms with van der Waals surface area (Å²) in [5, 5.41) is 74.7. The van der Waals surface area contributed by atoms with Crippen molar-refractivity contribution in [1.29, 1.82) is 0 Å². The number of hydrogen-bond donors (Lipinski definition) is 9. The van der Waals surface area contributed by atoms with Crippen molar-refractivity contribution >= 4 is 35.8 Å². The van der Waals surface area contributed by atoms with Gasteiger partial charge in [0.1, 0.15) is 0 Å². The molecule has 0 aliphatic carbocycles. The lowest BCUT2D eigenvalue weighted by Crippen LogP contribution is -2.42. The Kier molecular flexibility index (Phi) is 13.2. The van der Waals surface area contributed by atoms with Crippen molar-refractivity contribution in [3.8, 4) is 0 Å². The molecule has 0 saturated heterocycles. The molecule has 0 heterocycles. The Morgan fingerprint density at radius 2 is 1.03 bits per heavy atom. The summed E-state index contributed by atoms with van der Waals surface area (Å²) in [6.45, 7) is 0. The lowest BCUT2D eigenvalue weighted by Gasteiger charge is -2.18. The molecule has 0 aliphatic rings. The molecule has 15 nitrogen and oxygen atoms in total. The second kappa shape index (κ2) is 14.0. The van der Waals surface area contributed by atoms with Gasteiger partial charge in [0, 0.05) is 0 Å². The zero-order valence-electron chi connectivity index (χ0n) is 15.9. The van der Waals surface area contributed by atoms with Crippen molar-refractivity contribution in [2.45, 2.75) is 30.7 Å². The largest absolute Gasteiger partial charge is 0.481 e. The predicted molar refractivity (Wildman–Crippen MR) is 97.8 cm³/mol. The van der Waals surface area contributed by atoms with Crippen molar-refractivity contribution < 1.29 is 74.7 Å². The normalized spacial score (nSPS) is 11.8. The fourth-order valence-corrected chi connectivity index (χ4v) is 1.56. The highest BCUT2D eigenvalue weighted by Gasteiger charge is 2.40. The van der Waals surface area contributed by atoms with Gasteiger partial charge in [0.2, 0.25) is 0 Å². The first-order chi connectivity index (χ1) is 14.5. The maximum atomic E-state index is 10.3. The van der Waals surface area contributed by atoms with Crippen molar-refractivity contribution in [3.05, 3.63) is 35.9 Å². The van der Waals surface area contributed by atoms with Gasteiger partial charge in [-0.15, -0.1) is 0 Å². The third-order valence-corrected chi connectivity index (χ3v) is 3.11. The summed E-state index contributed by atoms with van der Waals surface area (Å²) in [7, 11) is 0. The molecule has 0 radical (unpaired) electrons. The number of aliphatic hydroxyl groups is 3. The van der Waals surface area contributed by atoms with E-state index in [2.05, 4.69) is 0 Å². The molecule has 32 heavy (non-hydrogen) atoms. The molecule has 1 rings (SSSR count). The van der Waals surface area contributed by atoms with Crippen LogP contribution in [0.15, 0.2) is 30.3 Å². The van der Waals surface area contributed by atoms with Gasteiger partial charge >= 0.3 is 35.8 Å². The van der Waals surface area contributed by atoms with Crippen molar-refractivity contribution in [1.82, 2.24) is 0 Å². The maximum absolute atomic E-state index is 10.3. The van der Waals surface area contributed by atoms with Crippen LogP contribution in [0.5, 0.6) is 0 Å². The predicted octanol–water partition coefficient (Wildman–Crippen LogP) is -1.99. The van der Waals surface area contributed by atoms with E-state index in [0.29, 0.717) is 5.56 Å². The van der Waals surface area contributed by atoms with E-state index in [1.807, 2.05) is 0 Å². The van der Waals surface area contributed by atoms with Crippen molar-refractivity contribution in [2.75, 3.05) is 0 Å². The van der Waals surface area contributed by atoms with E-state index < -0.39 is 66.5 Å². The Balaban J connectivity index is 0. The molecule has 0 saturated carbocycles. The standard InChI is InChI=1S/C7H6O2.C6H8O7.C4H6O6/c8-7(9)6-4-2-1-3-5-6;7-3(8)1-6(13,5(11)12)2-4(9)10;5-1(3(7)8)2(6)4(9)10/h1-5H,(H,8,9);13H,1-2H2,(H,7,8)(H,9,10)(H,11,12);1-2,5-6H,(H,7,8)(H,9,10). The summed E-state index contributed by atoms with van der Waals surface area (Å²) in [6.07, 6.45) is -6.82. The molecule has 1 aromatic carbocycles. The first-order valence-corrected chi connectivity index (χ1v) is 8.04. The Labute approximate surface area is 178 Å². The third kappa shape index (κ3) is 12.5. The highest BCUT2D eigenvalue weighted by molar-refractivity contribution is 5.88. The number of carbonyl (C=O) groups is 6. The summed E-state index contributed by atoms with van der Waals surface area (Å²) < 4.78 is 0. The number of aliphatic carboxylic acids is 5. The fraction of sp³-hybridized carbons (Fsp3) is 0.294. The van der Waals surface area contributed by atoms with Crippen LogP contribution in [0.1, 0.15) is 23.2 Å². The van der Waals surface area contributed by atoms with E-state index in [0.717, 1.165) is 0 Å². The summed E-state index contributed by atoms with van der Waals surface area (Å²) in [5.74, 6) is -9.44. The van der Waals surface area contributed by atoms with Crippen LogP contribution in [0.25, 0.3) is 0 Å². The minimum absolute atomic E-state index is 0.331. The smallest absolute Gasteiger partial charge is 0.336 e. The molecule has 15 heteroatoms. The topological polar surface area (TPSA) is 284 Å². The van der Waals surface area contributed by atoms with Gasteiger partial charge < -0.3 is 46.0 Å². The summed E-state index contributed by atoms with van der Waals surface area (Å²) >= 11 is 0. The van der Waals surface area contributed by atoms with Crippen LogP contribution in [0, 0.1) is 0 Å². The highest BCUT2D eigenvalue weighted by atomic mass is 16.4. The van der Waals surface area contributed by atoms with E-state index in [1.54, 1.807) is 30.3 Å². The Morgan fingerprint density at radius 3 is 1.22 bits per heavy atom. The number of rotatable bonds is 9. The van der Waals surface area contributed by atoms with Gasteiger partial charge in [-0.05, 0) is 12.1 Å². The summed E-state index contributed by atoms with van der Waals surface area (Å²) in [6, 6.07) is 8.30. The van der Waals surface area contributed by atoms with Crippen LogP contribution >= 0.6 is 0 Å². The molecular formula is C17H20O15. The zero-order chi connectivity index (χ0) is 25.6. The van der Waals surface area contributed by atoms with Crippen molar-refractivity contribution in [2.24, 2.45) is 0 Å². The monoisotopic (exact) mass is 464 g/mol. The first-order valence-electron chi connectivity index (χ1n) is 8.04. The second-order valence-electron chi connectivity index (χ2n) is 5.72. The van der Waals surface area contributed by atoms with Gasteiger partial charge in [-0.25, -0.2) is 19.2 Å². The van der Waals surface area contributed by atoms with E-state index >= 15 is 0 Å². The van der Waals surface area contributed by atoms with Gasteiger partial charge in [0.25, 0.3) is 0 Å². The molecule has 0 aromatic heterocycles. The Morgan fingerprint density at radius 1 is 0.688 bits per heavy atom. The average Bonchev–Trinajstić information content (AvgIpc) is 2.66. The number of benzene rings is 1. The molecule has 9 N–H and O–H groups in total. The minimum atomic E-state index is -2.74. The van der Waals surface area contributed by atoms with E-state index in [1.165, 1.54) is 0 Å². The van der Waals surface area contributed by atoms with Crippen LogP contribution in [0.3, 0.4) is 0 Å². The molecule has 2 unspecified atom stereocenters. The van der Waals surface area contributed by atoms with Crippen LogP contribution in [0.4, 0.5) is 0 Å².